The highest BCUT2D eigenvalue weighted by molar-refractivity contribution is 5.88. The van der Waals surface area contributed by atoms with E-state index >= 15 is 0 Å². The second kappa shape index (κ2) is 5.97. The lowest BCUT2D eigenvalue weighted by atomic mass is 10.0. The van der Waals surface area contributed by atoms with Gasteiger partial charge in [0.15, 0.2) is 0 Å². The molecule has 2 N–H and O–H groups in total. The zero-order valence-corrected chi connectivity index (χ0v) is 11.4. The van der Waals surface area contributed by atoms with Gasteiger partial charge in [0.2, 0.25) is 11.4 Å². The van der Waals surface area contributed by atoms with Crippen molar-refractivity contribution in [3.8, 4) is 0 Å². The van der Waals surface area contributed by atoms with Gasteiger partial charge in [-0.05, 0) is 6.92 Å². The van der Waals surface area contributed by atoms with Crippen LogP contribution in [0.1, 0.15) is 6.92 Å². The first-order valence-corrected chi connectivity index (χ1v) is 5.36. The molecule has 10 heteroatoms. The van der Waals surface area contributed by atoms with Crippen molar-refractivity contribution in [3.05, 3.63) is 0 Å². The lowest BCUT2D eigenvalue weighted by Crippen LogP contribution is -2.64. The van der Waals surface area contributed by atoms with Crippen LogP contribution in [0.4, 0.5) is 18.0 Å². The van der Waals surface area contributed by atoms with E-state index in [0.717, 1.165) is 11.9 Å². The van der Waals surface area contributed by atoms with Crippen LogP contribution in [0.5, 0.6) is 0 Å². The minimum Gasteiger partial charge on any atom is -0.479 e. The highest BCUT2D eigenvalue weighted by Gasteiger charge is 2.58. The maximum absolute atomic E-state index is 12.7. The van der Waals surface area contributed by atoms with Crippen molar-refractivity contribution < 1.29 is 32.7 Å². The normalized spacial score (nSPS) is 14.2. The highest BCUT2D eigenvalue weighted by atomic mass is 19.4. The number of halogens is 3. The van der Waals surface area contributed by atoms with Gasteiger partial charge in [-0.3, -0.25) is 4.79 Å². The molecule has 3 amide bonds. The fourth-order valence-corrected chi connectivity index (χ4v) is 0.971. The molecule has 1 atom stereocenters. The number of amides is 3. The zero-order chi connectivity index (χ0) is 16.3. The van der Waals surface area contributed by atoms with Gasteiger partial charge in [-0.2, -0.15) is 13.2 Å². The molecular weight excluding hydrogens is 283 g/mol. The maximum Gasteiger partial charge on any atom is 0.422 e. The number of aliphatic carboxylic acids is 1. The van der Waals surface area contributed by atoms with Crippen molar-refractivity contribution in [2.75, 3.05) is 27.7 Å². The van der Waals surface area contributed by atoms with Crippen LogP contribution >= 0.6 is 0 Å². The maximum atomic E-state index is 12.7. The van der Waals surface area contributed by atoms with Gasteiger partial charge in [-0.1, -0.05) is 0 Å². The van der Waals surface area contributed by atoms with E-state index in [9.17, 15) is 27.6 Å². The molecule has 0 spiro atoms. The van der Waals surface area contributed by atoms with E-state index < -0.39 is 36.2 Å². The van der Waals surface area contributed by atoms with Crippen LogP contribution in [-0.4, -0.2) is 72.2 Å². The van der Waals surface area contributed by atoms with Gasteiger partial charge in [0.05, 0.1) is 0 Å². The average molecular weight is 299 g/mol. The number of nitrogens with one attached hydrogen (secondary N) is 1. The number of urea groups is 1. The summed E-state index contributed by atoms with van der Waals surface area (Å²) in [6.45, 7) is -0.152. The molecule has 0 aromatic carbocycles. The summed E-state index contributed by atoms with van der Waals surface area (Å²) in [5.74, 6) is -2.77. The summed E-state index contributed by atoms with van der Waals surface area (Å²) in [5.41, 5.74) is -3.43. The number of hydrogen-bond donors (Lipinski definition) is 2. The molecule has 0 fully saturated rings. The Morgan fingerprint density at radius 2 is 1.60 bits per heavy atom. The summed E-state index contributed by atoms with van der Waals surface area (Å²) >= 11 is 0. The van der Waals surface area contributed by atoms with Crippen LogP contribution in [0, 0.1) is 0 Å². The number of rotatable bonds is 4. The Bertz CT molecular complexity index is 411. The first kappa shape index (κ1) is 18.0. The van der Waals surface area contributed by atoms with Crippen LogP contribution in [0.2, 0.25) is 0 Å². The zero-order valence-electron chi connectivity index (χ0n) is 11.4. The molecule has 0 radical (unpaired) electrons. The van der Waals surface area contributed by atoms with Crippen molar-refractivity contribution in [1.82, 2.24) is 15.1 Å². The van der Waals surface area contributed by atoms with Crippen molar-refractivity contribution in [3.63, 3.8) is 0 Å². The summed E-state index contributed by atoms with van der Waals surface area (Å²) in [6, 6.07) is -1.32. The van der Waals surface area contributed by atoms with Crippen LogP contribution in [-0.2, 0) is 9.59 Å². The molecule has 1 unspecified atom stereocenters. The predicted molar refractivity (Wildman–Crippen MR) is 62.0 cm³/mol. The Morgan fingerprint density at radius 3 is 1.90 bits per heavy atom. The van der Waals surface area contributed by atoms with Gasteiger partial charge in [-0.15, -0.1) is 0 Å². The second-order valence-corrected chi connectivity index (χ2v) is 4.50. The van der Waals surface area contributed by atoms with Crippen molar-refractivity contribution in [1.29, 1.82) is 0 Å². The Labute approximate surface area is 113 Å². The molecule has 0 rings (SSSR count). The number of carbonyl (C=O) groups excluding carboxylic acids is 2. The van der Waals surface area contributed by atoms with Crippen molar-refractivity contribution in [2.24, 2.45) is 0 Å². The van der Waals surface area contributed by atoms with Crippen molar-refractivity contribution >= 4 is 17.9 Å². The third-order valence-electron chi connectivity index (χ3n) is 2.57. The lowest BCUT2D eigenvalue weighted by Gasteiger charge is -2.30. The predicted octanol–water partition coefficient (Wildman–Crippen LogP) is 0.122. The average Bonchev–Trinajstić information content (AvgIpc) is 2.26. The third kappa shape index (κ3) is 4.00. The van der Waals surface area contributed by atoms with Gasteiger partial charge in [0.1, 0.15) is 6.54 Å². The molecule has 0 aromatic heterocycles. The molecule has 7 nitrogen and oxygen atoms in total. The van der Waals surface area contributed by atoms with E-state index in [0.29, 0.717) is 11.8 Å². The molecule has 0 heterocycles. The standard InChI is InChI=1S/C10H16F3N3O4/c1-9(7(18)19,10(11,12)13)14-8(20)16(4)5-6(17)15(2)3/h5H2,1-4H3,(H,14,20)(H,18,19). The van der Waals surface area contributed by atoms with E-state index in [1.54, 1.807) is 0 Å². The number of nitrogens with zero attached hydrogens (tertiary/aromatic N) is 2. The number of alkyl halides is 3. The number of hydrogen-bond acceptors (Lipinski definition) is 3. The summed E-state index contributed by atoms with van der Waals surface area (Å²) in [6.07, 6.45) is -5.18. The molecule has 116 valence electrons. The number of carboxylic acids is 1. The van der Waals surface area contributed by atoms with E-state index in [2.05, 4.69) is 0 Å². The Balaban J connectivity index is 4.97. The van der Waals surface area contributed by atoms with E-state index in [-0.39, 0.29) is 0 Å². The molecule has 0 saturated heterocycles. The smallest absolute Gasteiger partial charge is 0.422 e. The molecule has 0 aromatic rings. The number of carboxylic acid groups (broad SMARTS) is 1. The molecule has 0 aliphatic carbocycles. The molecule has 0 bridgehead atoms. The minimum absolute atomic E-state index is 0.328. The molecule has 0 aliphatic heterocycles. The van der Waals surface area contributed by atoms with E-state index in [1.165, 1.54) is 19.4 Å². The van der Waals surface area contributed by atoms with Crippen LogP contribution < -0.4 is 5.32 Å². The topological polar surface area (TPSA) is 90.0 Å². The lowest BCUT2D eigenvalue weighted by molar-refractivity contribution is -0.203. The Hall–Kier alpha value is -2.00. The fourth-order valence-electron chi connectivity index (χ4n) is 0.971. The van der Waals surface area contributed by atoms with E-state index in [4.69, 9.17) is 5.11 Å². The molecule has 0 saturated carbocycles. The summed E-state index contributed by atoms with van der Waals surface area (Å²) in [5, 5.41) is 10.0. The van der Waals surface area contributed by atoms with Gasteiger partial charge < -0.3 is 20.2 Å². The Morgan fingerprint density at radius 1 is 1.15 bits per heavy atom. The summed E-state index contributed by atoms with van der Waals surface area (Å²) in [4.78, 5) is 35.4. The quantitative estimate of drug-likeness (QED) is 0.771. The summed E-state index contributed by atoms with van der Waals surface area (Å²) in [7, 11) is 3.89. The minimum atomic E-state index is -5.18. The monoisotopic (exact) mass is 299 g/mol. The number of carbonyl (C=O) groups is 3. The van der Waals surface area contributed by atoms with Crippen molar-refractivity contribution in [2.45, 2.75) is 18.6 Å². The Kier molecular flexibility index (Phi) is 5.37. The highest BCUT2D eigenvalue weighted by Crippen LogP contribution is 2.30. The first-order valence-electron chi connectivity index (χ1n) is 5.36. The fraction of sp³-hybridized carbons (Fsp3) is 0.700. The third-order valence-corrected chi connectivity index (χ3v) is 2.57. The van der Waals surface area contributed by atoms with Gasteiger partial charge in [0, 0.05) is 21.1 Å². The molecular formula is C10H16F3N3O4. The van der Waals surface area contributed by atoms with Gasteiger partial charge >= 0.3 is 18.2 Å². The van der Waals surface area contributed by atoms with Gasteiger partial charge in [0.25, 0.3) is 0 Å². The summed E-state index contributed by atoms with van der Waals surface area (Å²) < 4.78 is 38.0. The second-order valence-electron chi connectivity index (χ2n) is 4.50. The molecule has 0 aliphatic rings. The van der Waals surface area contributed by atoms with Gasteiger partial charge in [-0.25, -0.2) is 9.59 Å². The van der Waals surface area contributed by atoms with E-state index in [1.807, 2.05) is 0 Å². The van der Waals surface area contributed by atoms with Crippen LogP contribution in [0.3, 0.4) is 0 Å². The molecule has 20 heavy (non-hydrogen) atoms. The van der Waals surface area contributed by atoms with Crippen LogP contribution in [0.15, 0.2) is 0 Å². The SMILES string of the molecule is CN(C)C(=O)CN(C)C(=O)NC(C)(C(=O)O)C(F)(F)F. The number of likely N-dealkylation sites (N-methyl/N-ethyl adjacent to an activating group) is 2. The van der Waals surface area contributed by atoms with Crippen LogP contribution in [0.25, 0.3) is 0 Å². The first-order chi connectivity index (χ1) is 8.83. The largest absolute Gasteiger partial charge is 0.479 e.